The zero-order chi connectivity index (χ0) is 25.9. The molecule has 0 aliphatic rings. The van der Waals surface area contributed by atoms with Crippen LogP contribution in [0.3, 0.4) is 0 Å². The number of carbonyl (C=O) groups excluding carboxylic acids is 1. The molecule has 2 aromatic heterocycles. The number of ether oxygens (including phenoxy) is 2. The van der Waals surface area contributed by atoms with E-state index in [0.29, 0.717) is 30.0 Å². The molecule has 0 radical (unpaired) electrons. The first-order chi connectivity index (χ1) is 16.5. The van der Waals surface area contributed by atoms with Crippen LogP contribution in [0.15, 0.2) is 30.6 Å². The maximum atomic E-state index is 14.0. The fourth-order valence-electron chi connectivity index (χ4n) is 3.48. The second-order valence-electron chi connectivity index (χ2n) is 8.50. The number of nitrogens with one attached hydrogen (secondary N) is 1. The van der Waals surface area contributed by atoms with Crippen molar-refractivity contribution in [2.24, 2.45) is 0 Å². The topological polar surface area (TPSA) is 104 Å². The smallest absolute Gasteiger partial charge is 0.247 e. The predicted molar refractivity (Wildman–Crippen MR) is 134 cm³/mol. The quantitative estimate of drug-likeness (QED) is 0.304. The molecule has 35 heavy (non-hydrogen) atoms. The first-order valence-corrected chi connectivity index (χ1v) is 11.6. The van der Waals surface area contributed by atoms with Crippen molar-refractivity contribution in [2.75, 3.05) is 26.0 Å². The lowest BCUT2D eigenvalue weighted by Gasteiger charge is -2.24. The highest BCUT2D eigenvalue weighted by atomic mass is 35.5. The summed E-state index contributed by atoms with van der Waals surface area (Å²) < 4.78 is 26.6. The molecule has 3 rings (SSSR count). The molecule has 0 aliphatic carbocycles. The summed E-state index contributed by atoms with van der Waals surface area (Å²) >= 11 is 12.4. The van der Waals surface area contributed by atoms with E-state index in [0.717, 1.165) is 5.56 Å². The summed E-state index contributed by atoms with van der Waals surface area (Å²) in [6.45, 7) is 7.87. The van der Waals surface area contributed by atoms with Crippen molar-refractivity contribution in [3.63, 3.8) is 0 Å². The van der Waals surface area contributed by atoms with Gasteiger partial charge in [0.2, 0.25) is 5.91 Å². The average Bonchev–Trinajstić information content (AvgIpc) is 3.20. The van der Waals surface area contributed by atoms with E-state index in [1.54, 1.807) is 51.0 Å². The number of pyridine rings is 1. The van der Waals surface area contributed by atoms with E-state index in [1.165, 1.54) is 12.1 Å². The SMILES string of the molecule is COCCNC(=O)C(C)(C)n1cc(-c2cnc(N)c(OC(C)c3c(Cl)ccc(F)c3Cl)c2)c(C)n1. The summed E-state index contributed by atoms with van der Waals surface area (Å²) in [5.74, 6) is -0.374. The molecule has 11 heteroatoms. The van der Waals surface area contributed by atoms with Crippen LogP contribution in [0.2, 0.25) is 10.0 Å². The van der Waals surface area contributed by atoms with Gasteiger partial charge in [-0.25, -0.2) is 9.37 Å². The van der Waals surface area contributed by atoms with E-state index in [4.69, 9.17) is 38.4 Å². The summed E-state index contributed by atoms with van der Waals surface area (Å²) in [5, 5.41) is 7.54. The number of halogens is 3. The molecule has 0 saturated carbocycles. The molecule has 3 N–H and O–H groups in total. The molecule has 0 saturated heterocycles. The Morgan fingerprint density at radius 1 is 1.34 bits per heavy atom. The molecule has 1 unspecified atom stereocenters. The average molecular weight is 524 g/mol. The molecule has 1 amide bonds. The number of anilines is 1. The van der Waals surface area contributed by atoms with E-state index in [-0.39, 0.29) is 27.5 Å². The molecule has 8 nitrogen and oxygen atoms in total. The number of rotatable bonds is 9. The van der Waals surface area contributed by atoms with Crippen molar-refractivity contribution in [2.45, 2.75) is 39.3 Å². The summed E-state index contributed by atoms with van der Waals surface area (Å²) in [6.07, 6.45) is 2.66. The van der Waals surface area contributed by atoms with Crippen molar-refractivity contribution in [1.82, 2.24) is 20.1 Å². The zero-order valence-corrected chi connectivity index (χ0v) is 21.7. The minimum Gasteiger partial charge on any atom is -0.482 e. The van der Waals surface area contributed by atoms with Crippen LogP contribution in [0.5, 0.6) is 5.75 Å². The number of hydrogen-bond acceptors (Lipinski definition) is 6. The Labute approximate surface area is 213 Å². The highest BCUT2D eigenvalue weighted by Gasteiger charge is 2.31. The third-order valence-corrected chi connectivity index (χ3v) is 6.32. The van der Waals surface area contributed by atoms with E-state index >= 15 is 0 Å². The van der Waals surface area contributed by atoms with Gasteiger partial charge in [0.1, 0.15) is 17.5 Å². The van der Waals surface area contributed by atoms with Crippen LogP contribution in [0.4, 0.5) is 10.2 Å². The number of nitrogens with two attached hydrogens (primary N) is 1. The number of hydrogen-bond donors (Lipinski definition) is 2. The number of aryl methyl sites for hydroxylation is 1. The zero-order valence-electron chi connectivity index (χ0n) is 20.2. The summed E-state index contributed by atoms with van der Waals surface area (Å²) in [6, 6.07) is 4.32. The first kappa shape index (κ1) is 26.7. The number of aromatic nitrogens is 3. The monoisotopic (exact) mass is 523 g/mol. The van der Waals surface area contributed by atoms with Gasteiger partial charge in [-0.2, -0.15) is 5.10 Å². The van der Waals surface area contributed by atoms with Gasteiger partial charge in [0.05, 0.1) is 17.3 Å². The third kappa shape index (κ3) is 5.69. The van der Waals surface area contributed by atoms with Gasteiger partial charge in [-0.3, -0.25) is 9.48 Å². The van der Waals surface area contributed by atoms with E-state index < -0.39 is 17.5 Å². The number of methoxy groups -OCH3 is 1. The molecule has 0 fully saturated rings. The van der Waals surface area contributed by atoms with Crippen LogP contribution in [-0.2, 0) is 15.1 Å². The number of nitrogens with zero attached hydrogens (tertiary/aromatic N) is 3. The van der Waals surface area contributed by atoms with Gasteiger partial charge in [-0.05, 0) is 45.9 Å². The van der Waals surface area contributed by atoms with Crippen LogP contribution in [-0.4, -0.2) is 40.9 Å². The summed E-state index contributed by atoms with van der Waals surface area (Å²) in [4.78, 5) is 17.0. The molecule has 0 bridgehead atoms. The van der Waals surface area contributed by atoms with Gasteiger partial charge < -0.3 is 20.5 Å². The molecule has 0 spiro atoms. The molecular formula is C24H28Cl2FN5O3. The highest BCUT2D eigenvalue weighted by Crippen LogP contribution is 2.37. The Kier molecular flexibility index (Phi) is 8.25. The number of carbonyl (C=O) groups is 1. The number of nitrogen functional groups attached to an aromatic ring is 1. The predicted octanol–water partition coefficient (Wildman–Crippen LogP) is 4.92. The second-order valence-corrected chi connectivity index (χ2v) is 9.29. The third-order valence-electron chi connectivity index (χ3n) is 5.60. The van der Waals surface area contributed by atoms with Gasteiger partial charge >= 0.3 is 0 Å². The Hall–Kier alpha value is -2.88. The molecule has 1 atom stereocenters. The van der Waals surface area contributed by atoms with Crippen LogP contribution in [0.25, 0.3) is 11.1 Å². The molecule has 3 aromatic rings. The van der Waals surface area contributed by atoms with Gasteiger partial charge in [0.25, 0.3) is 0 Å². The standard InChI is InChI=1S/C24H28Cl2FN5O3/c1-13-16(12-32(31-13)24(3,4)23(33)29-8-9-34-5)15-10-19(22(28)30-11-15)35-14(2)20-17(25)6-7-18(27)21(20)26/h6-7,10-12,14H,8-9H2,1-5H3,(H2,28,30)(H,29,33). The number of benzene rings is 1. The Balaban J connectivity index is 1.90. The molecule has 188 valence electrons. The van der Waals surface area contributed by atoms with Crippen molar-refractivity contribution in [3.8, 4) is 16.9 Å². The lowest BCUT2D eigenvalue weighted by atomic mass is 10.0. The minimum atomic E-state index is -0.948. The normalized spacial score (nSPS) is 12.5. The van der Waals surface area contributed by atoms with Gasteiger partial charge in [0.15, 0.2) is 11.6 Å². The lowest BCUT2D eigenvalue weighted by molar-refractivity contribution is -0.129. The maximum absolute atomic E-state index is 14.0. The molecule has 0 aliphatic heterocycles. The summed E-state index contributed by atoms with van der Waals surface area (Å²) in [5.41, 5.74) is 7.52. The molecule has 2 heterocycles. The molecular weight excluding hydrogens is 496 g/mol. The fourth-order valence-corrected chi connectivity index (χ4v) is 4.16. The van der Waals surface area contributed by atoms with Crippen LogP contribution in [0.1, 0.15) is 38.1 Å². The number of amides is 1. The largest absolute Gasteiger partial charge is 0.482 e. The Bertz CT molecular complexity index is 1230. The maximum Gasteiger partial charge on any atom is 0.247 e. The lowest BCUT2D eigenvalue weighted by Crippen LogP contribution is -2.45. The Morgan fingerprint density at radius 2 is 2.06 bits per heavy atom. The van der Waals surface area contributed by atoms with Crippen LogP contribution >= 0.6 is 23.2 Å². The van der Waals surface area contributed by atoms with Crippen molar-refractivity contribution in [1.29, 1.82) is 0 Å². The fraction of sp³-hybridized carbons (Fsp3) is 0.375. The molecule has 1 aromatic carbocycles. The van der Waals surface area contributed by atoms with Gasteiger partial charge in [-0.15, -0.1) is 0 Å². The van der Waals surface area contributed by atoms with Gasteiger partial charge in [0, 0.05) is 47.8 Å². The van der Waals surface area contributed by atoms with Crippen molar-refractivity contribution < 1.29 is 18.7 Å². The first-order valence-electron chi connectivity index (χ1n) is 10.9. The van der Waals surface area contributed by atoms with Crippen molar-refractivity contribution in [3.05, 3.63) is 57.7 Å². The highest BCUT2D eigenvalue weighted by molar-refractivity contribution is 6.36. The minimum absolute atomic E-state index is 0.115. The van der Waals surface area contributed by atoms with E-state index in [9.17, 15) is 9.18 Å². The Morgan fingerprint density at radius 3 is 2.74 bits per heavy atom. The van der Waals surface area contributed by atoms with Crippen molar-refractivity contribution >= 4 is 34.9 Å². The van der Waals surface area contributed by atoms with E-state index in [2.05, 4.69) is 15.4 Å². The van der Waals surface area contributed by atoms with E-state index in [1.807, 2.05) is 6.92 Å². The second kappa shape index (κ2) is 10.8. The van der Waals surface area contributed by atoms with Gasteiger partial charge in [-0.1, -0.05) is 23.2 Å². The van der Waals surface area contributed by atoms with Crippen LogP contribution < -0.4 is 15.8 Å². The summed E-state index contributed by atoms with van der Waals surface area (Å²) in [7, 11) is 1.57. The van der Waals surface area contributed by atoms with Crippen LogP contribution in [0, 0.1) is 12.7 Å².